The predicted molar refractivity (Wildman–Crippen MR) is 117 cm³/mol. The molecule has 0 unspecified atom stereocenters. The number of benzene rings is 2. The summed E-state index contributed by atoms with van der Waals surface area (Å²) in [6.45, 7) is -0.473. The minimum absolute atomic E-state index is 0.00230. The smallest absolute Gasteiger partial charge is 0.417 e. The van der Waals surface area contributed by atoms with Crippen LogP contribution in [-0.4, -0.2) is 28.5 Å². The second kappa shape index (κ2) is 8.99. The number of hydrogen-bond donors (Lipinski definition) is 1. The number of furan rings is 1. The van der Waals surface area contributed by atoms with Crippen molar-refractivity contribution in [2.75, 3.05) is 11.9 Å². The summed E-state index contributed by atoms with van der Waals surface area (Å²) in [5.74, 6) is -1.17. The zero-order valence-electron chi connectivity index (χ0n) is 16.8. The van der Waals surface area contributed by atoms with E-state index in [2.05, 4.69) is 5.32 Å². The van der Waals surface area contributed by atoms with Crippen molar-refractivity contribution in [1.29, 1.82) is 0 Å². The summed E-state index contributed by atoms with van der Waals surface area (Å²) in [5, 5.41) is 1.95. The Morgan fingerprint density at radius 1 is 1.00 bits per heavy atom. The van der Waals surface area contributed by atoms with E-state index < -0.39 is 35.3 Å². The zero-order chi connectivity index (χ0) is 23.6. The standard InChI is InChI=1S/C23H15F3N2O4S/c24-23(25,26)17-9-5-4-8-16(17)18-11-10-15(32-18)12-19-21(30)28(22(31)33-19)13-20(29)27-14-6-2-1-3-7-14/h1-12H,13H2,(H,27,29)/b19-12-. The van der Waals surface area contributed by atoms with E-state index >= 15 is 0 Å². The van der Waals surface area contributed by atoms with Gasteiger partial charge in [0.2, 0.25) is 5.91 Å². The molecule has 1 aromatic heterocycles. The van der Waals surface area contributed by atoms with Gasteiger partial charge in [-0.3, -0.25) is 19.3 Å². The van der Waals surface area contributed by atoms with Gasteiger partial charge in [-0.1, -0.05) is 36.4 Å². The minimum atomic E-state index is -4.56. The maximum atomic E-state index is 13.3. The van der Waals surface area contributed by atoms with Gasteiger partial charge in [-0.25, -0.2) is 0 Å². The zero-order valence-corrected chi connectivity index (χ0v) is 17.6. The highest BCUT2D eigenvalue weighted by Crippen LogP contribution is 2.38. The molecule has 0 spiro atoms. The Morgan fingerprint density at radius 2 is 1.70 bits per heavy atom. The summed E-state index contributed by atoms with van der Waals surface area (Å²) >= 11 is 0.616. The van der Waals surface area contributed by atoms with Crippen molar-refractivity contribution >= 4 is 40.6 Å². The third kappa shape index (κ3) is 5.01. The number of rotatable bonds is 5. The molecule has 2 aromatic carbocycles. The fraction of sp³-hybridized carbons (Fsp3) is 0.0870. The Hall–Kier alpha value is -3.79. The largest absolute Gasteiger partial charge is 0.457 e. The summed E-state index contributed by atoms with van der Waals surface area (Å²) in [6.07, 6.45) is -3.30. The Bertz CT molecular complexity index is 1250. The number of alkyl halides is 3. The molecule has 0 bridgehead atoms. The Morgan fingerprint density at radius 3 is 2.42 bits per heavy atom. The van der Waals surface area contributed by atoms with E-state index in [0.29, 0.717) is 17.4 Å². The number of para-hydroxylation sites is 1. The lowest BCUT2D eigenvalue weighted by molar-refractivity contribution is -0.137. The van der Waals surface area contributed by atoms with E-state index in [1.807, 2.05) is 0 Å². The van der Waals surface area contributed by atoms with Crippen molar-refractivity contribution in [2.45, 2.75) is 6.18 Å². The van der Waals surface area contributed by atoms with Gasteiger partial charge in [-0.05, 0) is 42.1 Å². The number of carbonyl (C=O) groups is 3. The van der Waals surface area contributed by atoms with Gasteiger partial charge in [0, 0.05) is 17.3 Å². The molecule has 0 saturated carbocycles. The van der Waals surface area contributed by atoms with Gasteiger partial charge in [-0.15, -0.1) is 0 Å². The van der Waals surface area contributed by atoms with E-state index in [1.165, 1.54) is 36.4 Å². The summed E-state index contributed by atoms with van der Waals surface area (Å²) in [4.78, 5) is 37.9. The molecule has 3 aromatic rings. The third-order valence-electron chi connectivity index (χ3n) is 4.63. The van der Waals surface area contributed by atoms with Crippen LogP contribution in [0.2, 0.25) is 0 Å². The van der Waals surface area contributed by atoms with Gasteiger partial charge in [-0.2, -0.15) is 13.2 Å². The van der Waals surface area contributed by atoms with Crippen molar-refractivity contribution < 1.29 is 32.0 Å². The summed E-state index contributed by atoms with van der Waals surface area (Å²) < 4.78 is 45.3. The number of halogens is 3. The molecule has 3 amide bonds. The summed E-state index contributed by atoms with van der Waals surface area (Å²) in [5.41, 5.74) is -0.474. The van der Waals surface area contributed by atoms with E-state index in [4.69, 9.17) is 4.42 Å². The van der Waals surface area contributed by atoms with E-state index in [-0.39, 0.29) is 22.0 Å². The molecule has 0 aliphatic carbocycles. The molecular weight excluding hydrogens is 457 g/mol. The summed E-state index contributed by atoms with van der Waals surface area (Å²) in [7, 11) is 0. The molecule has 2 heterocycles. The normalized spacial score (nSPS) is 15.4. The molecule has 1 N–H and O–H groups in total. The number of anilines is 1. The molecule has 1 aliphatic rings. The van der Waals surface area contributed by atoms with Crippen LogP contribution < -0.4 is 5.32 Å². The van der Waals surface area contributed by atoms with Crippen LogP contribution in [0.1, 0.15) is 11.3 Å². The van der Waals surface area contributed by atoms with Crippen molar-refractivity contribution in [3.05, 3.63) is 83.0 Å². The molecule has 1 fully saturated rings. The van der Waals surface area contributed by atoms with Crippen LogP contribution in [0.4, 0.5) is 23.7 Å². The molecule has 1 saturated heterocycles. The lowest BCUT2D eigenvalue weighted by atomic mass is 10.1. The van der Waals surface area contributed by atoms with E-state index in [0.717, 1.165) is 11.0 Å². The number of thioether (sulfide) groups is 1. The molecule has 10 heteroatoms. The Balaban J connectivity index is 1.50. The van der Waals surface area contributed by atoms with Crippen LogP contribution in [0.5, 0.6) is 0 Å². The second-order valence-corrected chi connectivity index (χ2v) is 7.92. The van der Waals surface area contributed by atoms with E-state index in [1.54, 1.807) is 30.3 Å². The SMILES string of the molecule is O=C(CN1C(=O)S/C(=C\c2ccc(-c3ccccc3C(F)(F)F)o2)C1=O)Nc1ccccc1. The highest BCUT2D eigenvalue weighted by molar-refractivity contribution is 8.18. The van der Waals surface area contributed by atoms with Crippen LogP contribution >= 0.6 is 11.8 Å². The molecule has 0 atom stereocenters. The lowest BCUT2D eigenvalue weighted by Gasteiger charge is -2.12. The van der Waals surface area contributed by atoms with Gasteiger partial charge < -0.3 is 9.73 Å². The first-order valence-electron chi connectivity index (χ1n) is 9.59. The van der Waals surface area contributed by atoms with Crippen molar-refractivity contribution in [3.63, 3.8) is 0 Å². The molecule has 33 heavy (non-hydrogen) atoms. The van der Waals surface area contributed by atoms with Crippen LogP contribution in [0.25, 0.3) is 17.4 Å². The van der Waals surface area contributed by atoms with Gasteiger partial charge in [0.15, 0.2) is 0 Å². The Labute approximate surface area is 190 Å². The fourth-order valence-electron chi connectivity index (χ4n) is 3.15. The lowest BCUT2D eigenvalue weighted by Crippen LogP contribution is -2.36. The van der Waals surface area contributed by atoms with Crippen LogP contribution in [0, 0.1) is 0 Å². The molecular formula is C23H15F3N2O4S. The number of hydrogen-bond acceptors (Lipinski definition) is 5. The minimum Gasteiger partial charge on any atom is -0.457 e. The first-order valence-corrected chi connectivity index (χ1v) is 10.4. The van der Waals surface area contributed by atoms with Crippen LogP contribution in [0.15, 0.2) is 76.1 Å². The van der Waals surface area contributed by atoms with Crippen molar-refractivity contribution in [2.24, 2.45) is 0 Å². The molecule has 0 radical (unpaired) electrons. The monoisotopic (exact) mass is 472 g/mol. The number of amides is 3. The molecule has 4 rings (SSSR count). The van der Waals surface area contributed by atoms with Gasteiger partial charge in [0.25, 0.3) is 11.1 Å². The highest BCUT2D eigenvalue weighted by Gasteiger charge is 2.37. The summed E-state index contributed by atoms with van der Waals surface area (Å²) in [6, 6.07) is 16.3. The van der Waals surface area contributed by atoms with E-state index in [9.17, 15) is 27.6 Å². The maximum Gasteiger partial charge on any atom is 0.417 e. The highest BCUT2D eigenvalue weighted by atomic mass is 32.2. The average Bonchev–Trinajstić information content (AvgIpc) is 3.34. The van der Waals surface area contributed by atoms with Gasteiger partial charge >= 0.3 is 6.18 Å². The first-order chi connectivity index (χ1) is 15.7. The maximum absolute atomic E-state index is 13.3. The first kappa shape index (κ1) is 22.4. The Kier molecular flexibility index (Phi) is 6.10. The second-order valence-electron chi connectivity index (χ2n) is 6.93. The van der Waals surface area contributed by atoms with Gasteiger partial charge in [0.05, 0.1) is 10.5 Å². The fourth-order valence-corrected chi connectivity index (χ4v) is 3.97. The van der Waals surface area contributed by atoms with Crippen molar-refractivity contribution in [3.8, 4) is 11.3 Å². The quantitative estimate of drug-likeness (QED) is 0.486. The predicted octanol–water partition coefficient (Wildman–Crippen LogP) is 5.64. The topological polar surface area (TPSA) is 79.6 Å². The number of imide groups is 1. The number of nitrogens with one attached hydrogen (secondary N) is 1. The number of nitrogens with zero attached hydrogens (tertiary/aromatic N) is 1. The van der Waals surface area contributed by atoms with Crippen LogP contribution in [-0.2, 0) is 15.8 Å². The number of carbonyl (C=O) groups excluding carboxylic acids is 3. The molecule has 168 valence electrons. The third-order valence-corrected chi connectivity index (χ3v) is 5.54. The molecule has 1 aliphatic heterocycles. The van der Waals surface area contributed by atoms with Crippen molar-refractivity contribution in [1.82, 2.24) is 4.90 Å². The van der Waals surface area contributed by atoms with Gasteiger partial charge in [0.1, 0.15) is 18.1 Å². The molecule has 6 nitrogen and oxygen atoms in total. The average molecular weight is 472 g/mol. The van der Waals surface area contributed by atoms with Crippen LogP contribution in [0.3, 0.4) is 0 Å².